The van der Waals surface area contributed by atoms with Crippen molar-refractivity contribution in [3.63, 3.8) is 0 Å². The van der Waals surface area contributed by atoms with Crippen molar-refractivity contribution >= 4 is 5.97 Å². The van der Waals surface area contributed by atoms with Crippen molar-refractivity contribution in [1.29, 1.82) is 0 Å². The van der Waals surface area contributed by atoms with E-state index in [1.54, 1.807) is 6.07 Å². The summed E-state index contributed by atoms with van der Waals surface area (Å²) < 4.78 is 4.68. The van der Waals surface area contributed by atoms with Crippen LogP contribution in [-0.4, -0.2) is 48.6 Å². The Morgan fingerprint density at radius 2 is 2.30 bits per heavy atom. The molecule has 5 nitrogen and oxygen atoms in total. The molecule has 0 aromatic carbocycles. The minimum atomic E-state index is -0.313. The number of ether oxygens (including phenoxy) is 1. The summed E-state index contributed by atoms with van der Waals surface area (Å²) in [6.45, 7) is 4.34. The maximum Gasteiger partial charge on any atom is 0.354 e. The van der Waals surface area contributed by atoms with Crippen LogP contribution in [0.15, 0.2) is 12.1 Å². The summed E-state index contributed by atoms with van der Waals surface area (Å²) >= 11 is 0. The SMILES string of the molecule is COC(=O)c1ccc(CNCC2CCN(C3CC3)C2)[nH]1. The standard InChI is InChI=1S/C15H23N3O2/c1-20-15(19)14-5-2-12(17-14)9-16-8-11-6-7-18(10-11)13-3-4-13/h2,5,11,13,16-17H,3-4,6-10H2,1H3. The van der Waals surface area contributed by atoms with Crippen molar-refractivity contribution in [3.8, 4) is 0 Å². The predicted octanol–water partition coefficient (Wildman–Crippen LogP) is 1.38. The Balaban J connectivity index is 1.39. The molecule has 20 heavy (non-hydrogen) atoms. The lowest BCUT2D eigenvalue weighted by atomic mass is 10.1. The van der Waals surface area contributed by atoms with Crippen molar-refractivity contribution in [3.05, 3.63) is 23.5 Å². The number of aromatic nitrogens is 1. The van der Waals surface area contributed by atoms with Crippen LogP contribution in [0.25, 0.3) is 0 Å². The smallest absolute Gasteiger partial charge is 0.354 e. The van der Waals surface area contributed by atoms with E-state index < -0.39 is 0 Å². The molecule has 3 rings (SSSR count). The van der Waals surface area contributed by atoms with E-state index in [1.807, 2.05) is 6.07 Å². The maximum atomic E-state index is 11.3. The van der Waals surface area contributed by atoms with Gasteiger partial charge in [-0.1, -0.05) is 0 Å². The quantitative estimate of drug-likeness (QED) is 0.771. The molecule has 1 aliphatic carbocycles. The van der Waals surface area contributed by atoms with Crippen LogP contribution in [0.3, 0.4) is 0 Å². The largest absolute Gasteiger partial charge is 0.464 e. The summed E-state index contributed by atoms with van der Waals surface area (Å²) in [5, 5.41) is 3.48. The van der Waals surface area contributed by atoms with E-state index in [9.17, 15) is 4.79 Å². The highest BCUT2D eigenvalue weighted by molar-refractivity contribution is 5.87. The van der Waals surface area contributed by atoms with Gasteiger partial charge in [0.25, 0.3) is 0 Å². The van der Waals surface area contributed by atoms with Gasteiger partial charge in [-0.15, -0.1) is 0 Å². The molecular formula is C15H23N3O2. The highest BCUT2D eigenvalue weighted by atomic mass is 16.5. The molecule has 0 spiro atoms. The summed E-state index contributed by atoms with van der Waals surface area (Å²) in [7, 11) is 1.40. The molecule has 1 unspecified atom stereocenters. The lowest BCUT2D eigenvalue weighted by Crippen LogP contribution is -2.27. The number of carbonyl (C=O) groups is 1. The number of nitrogens with zero attached hydrogens (tertiary/aromatic N) is 1. The van der Waals surface area contributed by atoms with Crippen LogP contribution < -0.4 is 5.32 Å². The van der Waals surface area contributed by atoms with Gasteiger partial charge in [0.2, 0.25) is 0 Å². The zero-order valence-electron chi connectivity index (χ0n) is 12.0. The molecule has 1 aromatic rings. The molecule has 0 radical (unpaired) electrons. The van der Waals surface area contributed by atoms with Crippen molar-refractivity contribution < 1.29 is 9.53 Å². The van der Waals surface area contributed by atoms with Gasteiger partial charge in [0.15, 0.2) is 0 Å². The lowest BCUT2D eigenvalue weighted by Gasteiger charge is -2.15. The highest BCUT2D eigenvalue weighted by Gasteiger charge is 2.33. The number of aromatic amines is 1. The third kappa shape index (κ3) is 3.22. The molecule has 2 fully saturated rings. The van der Waals surface area contributed by atoms with Crippen molar-refractivity contribution in [2.24, 2.45) is 5.92 Å². The number of likely N-dealkylation sites (tertiary alicyclic amines) is 1. The summed E-state index contributed by atoms with van der Waals surface area (Å²) in [6, 6.07) is 4.60. The van der Waals surface area contributed by atoms with Gasteiger partial charge >= 0.3 is 5.97 Å². The number of hydrogen-bond acceptors (Lipinski definition) is 4. The van der Waals surface area contributed by atoms with E-state index in [-0.39, 0.29) is 5.97 Å². The third-order valence-corrected chi connectivity index (χ3v) is 4.28. The van der Waals surface area contributed by atoms with Gasteiger partial charge < -0.3 is 19.9 Å². The van der Waals surface area contributed by atoms with E-state index in [1.165, 1.54) is 39.5 Å². The highest BCUT2D eigenvalue weighted by Crippen LogP contribution is 2.31. The number of H-pyrrole nitrogens is 1. The molecule has 2 aliphatic rings. The minimum Gasteiger partial charge on any atom is -0.464 e. The molecule has 110 valence electrons. The topological polar surface area (TPSA) is 57.4 Å². The number of nitrogens with one attached hydrogen (secondary N) is 2. The van der Waals surface area contributed by atoms with Gasteiger partial charge in [-0.3, -0.25) is 0 Å². The van der Waals surface area contributed by atoms with Crippen LogP contribution in [0.5, 0.6) is 0 Å². The summed E-state index contributed by atoms with van der Waals surface area (Å²) in [5.41, 5.74) is 1.55. The number of rotatable bonds is 6. The van der Waals surface area contributed by atoms with Crippen LogP contribution in [0.4, 0.5) is 0 Å². The van der Waals surface area contributed by atoms with Crippen LogP contribution >= 0.6 is 0 Å². The van der Waals surface area contributed by atoms with E-state index in [0.29, 0.717) is 5.69 Å². The molecule has 1 saturated heterocycles. The Morgan fingerprint density at radius 3 is 3.05 bits per heavy atom. The predicted molar refractivity (Wildman–Crippen MR) is 76.5 cm³/mol. The number of methoxy groups -OCH3 is 1. The summed E-state index contributed by atoms with van der Waals surface area (Å²) in [4.78, 5) is 17.1. The normalized spacial score (nSPS) is 23.1. The fraction of sp³-hybridized carbons (Fsp3) is 0.667. The number of carbonyl (C=O) groups excluding carboxylic acids is 1. The molecule has 0 amide bonds. The van der Waals surface area contributed by atoms with Crippen molar-refractivity contribution in [2.75, 3.05) is 26.7 Å². The molecule has 1 aliphatic heterocycles. The zero-order valence-corrected chi connectivity index (χ0v) is 12.0. The van der Waals surface area contributed by atoms with Crippen LogP contribution in [0.2, 0.25) is 0 Å². The lowest BCUT2D eigenvalue weighted by molar-refractivity contribution is 0.0594. The van der Waals surface area contributed by atoms with E-state index in [0.717, 1.165) is 30.7 Å². The van der Waals surface area contributed by atoms with E-state index in [2.05, 4.69) is 19.9 Å². The Labute approximate surface area is 119 Å². The number of esters is 1. The van der Waals surface area contributed by atoms with Crippen molar-refractivity contribution in [2.45, 2.75) is 31.8 Å². The monoisotopic (exact) mass is 277 g/mol. The van der Waals surface area contributed by atoms with Gasteiger partial charge in [-0.2, -0.15) is 0 Å². The second-order valence-corrected chi connectivity index (χ2v) is 5.90. The van der Waals surface area contributed by atoms with Gasteiger partial charge in [0, 0.05) is 24.8 Å². The second kappa shape index (κ2) is 5.97. The Bertz CT molecular complexity index is 467. The van der Waals surface area contributed by atoms with Gasteiger partial charge in [0.1, 0.15) is 5.69 Å². The molecule has 1 saturated carbocycles. The van der Waals surface area contributed by atoms with Gasteiger partial charge in [0.05, 0.1) is 7.11 Å². The van der Waals surface area contributed by atoms with Crippen LogP contribution in [0.1, 0.15) is 35.4 Å². The first-order chi connectivity index (χ1) is 9.76. The average molecular weight is 277 g/mol. The third-order valence-electron chi connectivity index (χ3n) is 4.28. The van der Waals surface area contributed by atoms with Crippen LogP contribution in [0, 0.1) is 5.92 Å². The first-order valence-corrected chi connectivity index (χ1v) is 7.47. The molecule has 0 bridgehead atoms. The van der Waals surface area contributed by atoms with E-state index >= 15 is 0 Å². The Morgan fingerprint density at radius 1 is 1.45 bits per heavy atom. The Hall–Kier alpha value is -1.33. The molecular weight excluding hydrogens is 254 g/mol. The molecule has 2 heterocycles. The first kappa shape index (κ1) is 13.6. The fourth-order valence-corrected chi connectivity index (χ4v) is 2.98. The molecule has 1 atom stereocenters. The Kier molecular flexibility index (Phi) is 4.08. The fourth-order valence-electron chi connectivity index (χ4n) is 2.98. The van der Waals surface area contributed by atoms with Gasteiger partial charge in [-0.05, 0) is 50.4 Å². The minimum absolute atomic E-state index is 0.313. The molecule has 5 heteroatoms. The second-order valence-electron chi connectivity index (χ2n) is 5.90. The van der Waals surface area contributed by atoms with Gasteiger partial charge in [-0.25, -0.2) is 4.79 Å². The average Bonchev–Trinajstić information content (AvgIpc) is 3.02. The van der Waals surface area contributed by atoms with Crippen LogP contribution in [-0.2, 0) is 11.3 Å². The molecule has 2 N–H and O–H groups in total. The number of hydrogen-bond donors (Lipinski definition) is 2. The summed E-state index contributed by atoms with van der Waals surface area (Å²) in [6.07, 6.45) is 4.11. The zero-order chi connectivity index (χ0) is 13.9. The first-order valence-electron chi connectivity index (χ1n) is 7.47. The summed E-state index contributed by atoms with van der Waals surface area (Å²) in [5.74, 6) is 0.456. The molecule has 1 aromatic heterocycles. The van der Waals surface area contributed by atoms with E-state index in [4.69, 9.17) is 0 Å². The van der Waals surface area contributed by atoms with Crippen molar-refractivity contribution in [1.82, 2.24) is 15.2 Å². The maximum absolute atomic E-state index is 11.3.